The average molecular weight is 528 g/mol. The van der Waals surface area contributed by atoms with Crippen molar-refractivity contribution in [2.45, 2.75) is 12.5 Å². The maximum Gasteiger partial charge on any atom is 0.307 e. The summed E-state index contributed by atoms with van der Waals surface area (Å²) in [5, 5.41) is 20.6. The van der Waals surface area contributed by atoms with Crippen molar-refractivity contribution in [2.24, 2.45) is 0 Å². The molecule has 5 rings (SSSR count). The van der Waals surface area contributed by atoms with E-state index < -0.39 is 23.7 Å². The molecule has 3 aromatic carbocycles. The summed E-state index contributed by atoms with van der Waals surface area (Å²) in [7, 11) is 5.75. The molecule has 1 fully saturated rings. The summed E-state index contributed by atoms with van der Waals surface area (Å²) in [6.45, 7) is 1.23. The lowest BCUT2D eigenvalue weighted by Crippen LogP contribution is -2.29. The third-order valence-corrected chi connectivity index (χ3v) is 7.07. The maximum atomic E-state index is 13.5. The van der Waals surface area contributed by atoms with Crippen LogP contribution in [0.2, 0.25) is 0 Å². The van der Waals surface area contributed by atoms with Gasteiger partial charge in [-0.1, -0.05) is 24.3 Å². The number of aliphatic hydroxyl groups is 1. The third-order valence-electron chi connectivity index (χ3n) is 7.07. The van der Waals surface area contributed by atoms with Crippen LogP contribution in [0.5, 0.6) is 5.75 Å². The molecule has 1 atom stereocenters. The van der Waals surface area contributed by atoms with Gasteiger partial charge in [-0.15, -0.1) is 0 Å². The normalized spacial score (nSPS) is 18.1. The lowest BCUT2D eigenvalue weighted by atomic mass is 9.94. The van der Waals surface area contributed by atoms with Crippen LogP contribution in [0.1, 0.15) is 22.7 Å². The predicted octanol–water partition coefficient (Wildman–Crippen LogP) is 3.83. The smallest absolute Gasteiger partial charge is 0.307 e. The topological polar surface area (TPSA) is 111 Å². The first-order chi connectivity index (χ1) is 18.7. The van der Waals surface area contributed by atoms with E-state index in [1.165, 1.54) is 4.90 Å². The van der Waals surface area contributed by atoms with Crippen LogP contribution < -0.4 is 19.4 Å². The zero-order chi connectivity index (χ0) is 27.8. The molecule has 2 aliphatic rings. The SMILES string of the molecule is CN(C)c1ccc(C2/C(=C(/O)c3ccc4c(c3)N(C)CCO4)C(=O)C(=O)N2c2ccc(CC(=O)O)cc2)cc1. The predicted molar refractivity (Wildman–Crippen MR) is 149 cm³/mol. The van der Waals surface area contributed by atoms with Gasteiger partial charge in [0.2, 0.25) is 0 Å². The molecule has 1 amide bonds. The fourth-order valence-electron chi connectivity index (χ4n) is 4.97. The summed E-state index contributed by atoms with van der Waals surface area (Å²) >= 11 is 0. The molecule has 0 radical (unpaired) electrons. The van der Waals surface area contributed by atoms with Crippen LogP contribution >= 0.6 is 0 Å². The van der Waals surface area contributed by atoms with E-state index in [4.69, 9.17) is 9.84 Å². The van der Waals surface area contributed by atoms with Gasteiger partial charge in [0.05, 0.1) is 30.3 Å². The van der Waals surface area contributed by atoms with Crippen LogP contribution in [0.4, 0.5) is 17.1 Å². The van der Waals surface area contributed by atoms with Crippen molar-refractivity contribution in [3.05, 3.63) is 89.0 Å². The number of aliphatic carboxylic acids is 1. The summed E-state index contributed by atoms with van der Waals surface area (Å²) in [6, 6.07) is 18.2. The Labute approximate surface area is 226 Å². The molecule has 2 aliphatic heterocycles. The van der Waals surface area contributed by atoms with E-state index in [-0.39, 0.29) is 17.8 Å². The number of ether oxygens (including phenoxy) is 1. The Kier molecular flexibility index (Phi) is 6.74. The monoisotopic (exact) mass is 527 g/mol. The van der Waals surface area contributed by atoms with Crippen LogP contribution in [0.25, 0.3) is 5.76 Å². The molecule has 9 heteroatoms. The first kappa shape index (κ1) is 25.8. The zero-order valence-electron chi connectivity index (χ0n) is 21.9. The van der Waals surface area contributed by atoms with Gasteiger partial charge in [0.15, 0.2) is 0 Å². The van der Waals surface area contributed by atoms with Gasteiger partial charge in [-0.25, -0.2) is 0 Å². The number of Topliss-reactive ketones (excluding diaryl/α,β-unsaturated/α-hetero) is 1. The Morgan fingerprint density at radius 3 is 2.33 bits per heavy atom. The van der Waals surface area contributed by atoms with E-state index in [1.54, 1.807) is 42.5 Å². The second-order valence-corrected chi connectivity index (χ2v) is 9.84. The Bertz CT molecular complexity index is 1480. The number of ketones is 1. The number of amides is 1. The molecule has 0 saturated carbocycles. The van der Waals surface area contributed by atoms with Gasteiger partial charge in [0.25, 0.3) is 11.7 Å². The fraction of sp³-hybridized carbons (Fsp3) is 0.233. The van der Waals surface area contributed by atoms with Crippen LogP contribution in [0.15, 0.2) is 72.3 Å². The van der Waals surface area contributed by atoms with Crippen molar-refractivity contribution in [3.8, 4) is 5.75 Å². The Morgan fingerprint density at radius 1 is 1.00 bits per heavy atom. The summed E-state index contributed by atoms with van der Waals surface area (Å²) in [4.78, 5) is 43.4. The first-order valence-electron chi connectivity index (χ1n) is 12.5. The lowest BCUT2D eigenvalue weighted by Gasteiger charge is -2.28. The average Bonchev–Trinajstić information content (AvgIpc) is 3.18. The standard InChI is InChI=1S/C30H29N3O6/c1-31(2)21-11-6-19(7-12-21)27-26(28(36)20-8-13-24-23(17-20)32(3)14-15-39-24)29(37)30(38)33(27)22-9-4-18(5-10-22)16-25(34)35/h4-13,17,27,36H,14-16H2,1-3H3,(H,34,35)/b28-26-. The number of anilines is 3. The molecule has 200 valence electrons. The highest BCUT2D eigenvalue weighted by Gasteiger charge is 2.47. The van der Waals surface area contributed by atoms with E-state index in [0.29, 0.717) is 41.3 Å². The number of hydrogen-bond acceptors (Lipinski definition) is 7. The molecule has 1 saturated heterocycles. The van der Waals surface area contributed by atoms with Crippen molar-refractivity contribution in [2.75, 3.05) is 49.0 Å². The molecular formula is C30H29N3O6. The molecule has 2 heterocycles. The zero-order valence-corrected chi connectivity index (χ0v) is 21.9. The van der Waals surface area contributed by atoms with E-state index in [1.807, 2.05) is 55.2 Å². The molecule has 39 heavy (non-hydrogen) atoms. The van der Waals surface area contributed by atoms with Crippen LogP contribution in [-0.4, -0.2) is 62.2 Å². The highest BCUT2D eigenvalue weighted by atomic mass is 16.5. The summed E-state index contributed by atoms with van der Waals surface area (Å²) in [5.41, 5.74) is 3.73. The number of fused-ring (bicyclic) bond motifs is 1. The van der Waals surface area contributed by atoms with Gasteiger partial charge in [0.1, 0.15) is 18.1 Å². The molecule has 2 N–H and O–H groups in total. The van der Waals surface area contributed by atoms with Crippen molar-refractivity contribution >= 4 is 40.5 Å². The molecule has 0 aliphatic carbocycles. The number of aliphatic hydroxyl groups excluding tert-OH is 1. The molecule has 1 unspecified atom stereocenters. The van der Waals surface area contributed by atoms with Crippen molar-refractivity contribution in [1.82, 2.24) is 0 Å². The minimum atomic E-state index is -0.967. The van der Waals surface area contributed by atoms with Crippen molar-refractivity contribution < 1.29 is 29.3 Å². The molecule has 0 spiro atoms. The second kappa shape index (κ2) is 10.2. The van der Waals surface area contributed by atoms with Gasteiger partial charge >= 0.3 is 5.97 Å². The Morgan fingerprint density at radius 2 is 1.69 bits per heavy atom. The number of likely N-dealkylation sites (N-methyl/N-ethyl adjacent to an activating group) is 1. The van der Waals surface area contributed by atoms with Gasteiger partial charge in [-0.2, -0.15) is 0 Å². The van der Waals surface area contributed by atoms with E-state index in [2.05, 4.69) is 0 Å². The van der Waals surface area contributed by atoms with E-state index in [0.717, 1.165) is 11.4 Å². The second-order valence-electron chi connectivity index (χ2n) is 9.84. The lowest BCUT2D eigenvalue weighted by molar-refractivity contribution is -0.136. The fourth-order valence-corrected chi connectivity index (χ4v) is 4.97. The third kappa shape index (κ3) is 4.79. The summed E-state index contributed by atoms with van der Waals surface area (Å²) in [6.07, 6.45) is -0.162. The van der Waals surface area contributed by atoms with E-state index >= 15 is 0 Å². The van der Waals surface area contributed by atoms with Gasteiger partial charge < -0.3 is 24.7 Å². The maximum absolute atomic E-state index is 13.5. The van der Waals surface area contributed by atoms with Gasteiger partial charge in [-0.3, -0.25) is 19.3 Å². The summed E-state index contributed by atoms with van der Waals surface area (Å²) in [5.74, 6) is -2.14. The Balaban J connectivity index is 1.65. The number of carboxylic acids is 1. The molecule has 9 nitrogen and oxygen atoms in total. The number of carboxylic acid groups (broad SMARTS) is 1. The van der Waals surface area contributed by atoms with Gasteiger partial charge in [0, 0.05) is 38.1 Å². The highest BCUT2D eigenvalue weighted by Crippen LogP contribution is 2.43. The summed E-state index contributed by atoms with van der Waals surface area (Å²) < 4.78 is 5.71. The Hall–Kier alpha value is -4.79. The highest BCUT2D eigenvalue weighted by molar-refractivity contribution is 6.51. The number of hydrogen-bond donors (Lipinski definition) is 2. The van der Waals surface area contributed by atoms with E-state index in [9.17, 15) is 19.5 Å². The van der Waals surface area contributed by atoms with Crippen molar-refractivity contribution in [3.63, 3.8) is 0 Å². The number of carbonyl (C=O) groups is 3. The first-order valence-corrected chi connectivity index (χ1v) is 12.5. The number of rotatable bonds is 6. The molecule has 0 aromatic heterocycles. The van der Waals surface area contributed by atoms with Crippen molar-refractivity contribution in [1.29, 1.82) is 0 Å². The minimum Gasteiger partial charge on any atom is -0.507 e. The number of nitrogens with zero attached hydrogens (tertiary/aromatic N) is 3. The van der Waals surface area contributed by atoms with Crippen LogP contribution in [0.3, 0.4) is 0 Å². The molecule has 0 bridgehead atoms. The minimum absolute atomic E-state index is 0.0217. The molecular weight excluding hydrogens is 498 g/mol. The quantitative estimate of drug-likeness (QED) is 0.283. The number of carbonyl (C=O) groups excluding carboxylic acids is 2. The number of benzene rings is 3. The van der Waals surface area contributed by atoms with Gasteiger partial charge in [-0.05, 0) is 53.6 Å². The van der Waals surface area contributed by atoms with Crippen LogP contribution in [-0.2, 0) is 20.8 Å². The van der Waals surface area contributed by atoms with Crippen LogP contribution in [0, 0.1) is 0 Å². The molecule has 3 aromatic rings. The largest absolute Gasteiger partial charge is 0.507 e.